The van der Waals surface area contributed by atoms with Gasteiger partial charge in [0.05, 0.1) is 19.3 Å². The lowest BCUT2D eigenvalue weighted by atomic mass is 10.0. The van der Waals surface area contributed by atoms with Gasteiger partial charge in [-0.15, -0.1) is 0 Å². The third kappa shape index (κ3) is 21.5. The van der Waals surface area contributed by atoms with Crippen LogP contribution in [0.25, 0.3) is 0 Å². The first-order chi connectivity index (χ1) is 30.7. The molecule has 0 aromatic heterocycles. The Kier molecular flexibility index (Phi) is 27.3. The van der Waals surface area contributed by atoms with Gasteiger partial charge in [-0.1, -0.05) is 13.8 Å². The first kappa shape index (κ1) is 57.7. The highest BCUT2D eigenvalue weighted by atomic mass is 32.2. The highest BCUT2D eigenvalue weighted by Crippen LogP contribution is 2.20. The molecule has 0 radical (unpaired) electrons. The highest BCUT2D eigenvalue weighted by Gasteiger charge is 2.40. The molecule has 0 spiro atoms. The van der Waals surface area contributed by atoms with Crippen LogP contribution in [0.4, 0.5) is 0 Å². The zero-order valence-corrected chi connectivity index (χ0v) is 38.2. The van der Waals surface area contributed by atoms with Crippen molar-refractivity contribution in [1.29, 1.82) is 5.41 Å². The smallest absolute Gasteiger partial charge is 0.326 e. The van der Waals surface area contributed by atoms with E-state index < -0.39 is 115 Å². The zero-order valence-electron chi connectivity index (χ0n) is 37.4. The molecular weight excluding hydrogens is 875 g/mol. The first-order valence-electron chi connectivity index (χ1n) is 21.6. The number of hydrogen-bond donors (Lipinski definition) is 15. The summed E-state index contributed by atoms with van der Waals surface area (Å²) in [6.07, 6.45) is 3.24. The lowest BCUT2D eigenvalue weighted by Gasteiger charge is -2.30. The van der Waals surface area contributed by atoms with Crippen LogP contribution in [0.5, 0.6) is 0 Å². The summed E-state index contributed by atoms with van der Waals surface area (Å²) in [6.45, 7) is 2.23. The van der Waals surface area contributed by atoms with Crippen molar-refractivity contribution in [2.24, 2.45) is 28.9 Å². The van der Waals surface area contributed by atoms with Gasteiger partial charge in [0.1, 0.15) is 42.3 Å². The van der Waals surface area contributed by atoms with Gasteiger partial charge in [-0.25, -0.2) is 4.79 Å². The minimum atomic E-state index is -1.61. The molecule has 0 unspecified atom stereocenters. The number of carbonyl (C=O) groups is 9. The molecule has 19 N–H and O–H groups in total. The van der Waals surface area contributed by atoms with Crippen molar-refractivity contribution in [3.63, 3.8) is 0 Å². The molecule has 8 atom stereocenters. The predicted octanol–water partition coefficient (Wildman–Crippen LogP) is -5.26. The van der Waals surface area contributed by atoms with E-state index in [9.17, 15) is 58.5 Å². The van der Waals surface area contributed by atoms with Crippen molar-refractivity contribution < 1.29 is 58.5 Å². The molecular formula is C39H71N13O12S. The number of nitrogens with two attached hydrogens (primary N) is 4. The van der Waals surface area contributed by atoms with Crippen LogP contribution in [-0.4, -0.2) is 173 Å². The number of carbonyl (C=O) groups excluding carboxylic acids is 8. The van der Waals surface area contributed by atoms with Crippen LogP contribution in [0.3, 0.4) is 0 Å². The van der Waals surface area contributed by atoms with E-state index in [-0.39, 0.29) is 82.9 Å². The van der Waals surface area contributed by atoms with Gasteiger partial charge in [0.2, 0.25) is 47.3 Å². The average molecular weight is 946 g/mol. The van der Waals surface area contributed by atoms with Crippen LogP contribution in [0, 0.1) is 11.3 Å². The van der Waals surface area contributed by atoms with Crippen LogP contribution in [-0.2, 0) is 43.2 Å². The van der Waals surface area contributed by atoms with Gasteiger partial charge in [-0.05, 0) is 88.7 Å². The Bertz CT molecular complexity index is 1630. The molecule has 0 aliphatic carbocycles. The molecule has 370 valence electrons. The number of aliphatic hydroxyl groups is 2. The second-order valence-corrected chi connectivity index (χ2v) is 17.0. The number of rotatable bonds is 32. The SMILES string of the molecule is CSCC[C@H](NC(=O)[C@H](CO)NC(=O)[C@@H]1CCCN1C(=O)[C@H](CCCNC(=N)N)NC(=O)[C@@H](N)CCC(N)=O)C(=O)N[C@@H](CCCCN)C(=O)N[C@@H](CO)C(=O)N[C@@H](CC(C)C)C(=O)O. The second kappa shape index (κ2) is 30.8. The van der Waals surface area contributed by atoms with Gasteiger partial charge in [0.25, 0.3) is 0 Å². The Hall–Kier alpha value is -5.31. The Morgan fingerprint density at radius 2 is 1.25 bits per heavy atom. The van der Waals surface area contributed by atoms with Gasteiger partial charge in [-0.3, -0.25) is 43.8 Å². The number of carboxylic acid groups (broad SMARTS) is 1. The minimum Gasteiger partial charge on any atom is -0.480 e. The number of primary amides is 1. The van der Waals surface area contributed by atoms with Gasteiger partial charge >= 0.3 is 5.97 Å². The van der Waals surface area contributed by atoms with Crippen LogP contribution in [0.15, 0.2) is 0 Å². The number of hydrogen-bond acceptors (Lipinski definition) is 15. The molecule has 1 saturated heterocycles. The summed E-state index contributed by atoms with van der Waals surface area (Å²) in [5.74, 6) is -7.90. The third-order valence-corrected chi connectivity index (χ3v) is 10.9. The number of aliphatic hydroxyl groups excluding tert-OH is 2. The lowest BCUT2D eigenvalue weighted by Crippen LogP contribution is -2.60. The van der Waals surface area contributed by atoms with Crippen molar-refractivity contribution in [2.75, 3.05) is 44.9 Å². The molecule has 1 aliphatic heterocycles. The van der Waals surface area contributed by atoms with Crippen molar-refractivity contribution in [1.82, 2.24) is 42.1 Å². The van der Waals surface area contributed by atoms with E-state index in [1.54, 1.807) is 20.1 Å². The van der Waals surface area contributed by atoms with Gasteiger partial charge < -0.3 is 80.4 Å². The molecule has 65 heavy (non-hydrogen) atoms. The highest BCUT2D eigenvalue weighted by molar-refractivity contribution is 7.98. The summed E-state index contributed by atoms with van der Waals surface area (Å²) in [4.78, 5) is 119. The molecule has 1 rings (SSSR count). The number of amides is 8. The number of carboxylic acids is 1. The van der Waals surface area contributed by atoms with E-state index in [0.717, 1.165) is 0 Å². The summed E-state index contributed by atoms with van der Waals surface area (Å²) in [6, 6.07) is -10.6. The lowest BCUT2D eigenvalue weighted by molar-refractivity contribution is -0.143. The van der Waals surface area contributed by atoms with Crippen LogP contribution >= 0.6 is 11.8 Å². The fourth-order valence-electron chi connectivity index (χ4n) is 6.70. The number of likely N-dealkylation sites (tertiary alicyclic amines) is 1. The molecule has 25 nitrogen and oxygen atoms in total. The summed E-state index contributed by atoms with van der Waals surface area (Å²) < 4.78 is 0. The zero-order chi connectivity index (χ0) is 49.2. The van der Waals surface area contributed by atoms with E-state index in [0.29, 0.717) is 25.0 Å². The molecule has 1 aliphatic rings. The molecule has 0 aromatic rings. The molecule has 8 amide bonds. The number of nitrogens with zero attached hydrogens (tertiary/aromatic N) is 1. The van der Waals surface area contributed by atoms with Crippen molar-refractivity contribution in [3.8, 4) is 0 Å². The van der Waals surface area contributed by atoms with Gasteiger partial charge in [0.15, 0.2) is 5.96 Å². The Morgan fingerprint density at radius 3 is 1.77 bits per heavy atom. The fraction of sp³-hybridized carbons (Fsp3) is 0.744. The molecule has 0 aromatic carbocycles. The molecule has 1 fully saturated rings. The van der Waals surface area contributed by atoms with Crippen molar-refractivity contribution in [2.45, 2.75) is 133 Å². The predicted molar refractivity (Wildman–Crippen MR) is 239 cm³/mol. The van der Waals surface area contributed by atoms with E-state index >= 15 is 0 Å². The first-order valence-corrected chi connectivity index (χ1v) is 23.0. The monoisotopic (exact) mass is 946 g/mol. The Balaban J connectivity index is 3.21. The fourth-order valence-corrected chi connectivity index (χ4v) is 7.17. The summed E-state index contributed by atoms with van der Waals surface area (Å²) in [5.41, 5.74) is 22.1. The average Bonchev–Trinajstić information content (AvgIpc) is 3.75. The molecule has 1 heterocycles. The third-order valence-electron chi connectivity index (χ3n) is 10.3. The number of aliphatic carboxylic acids is 1. The van der Waals surface area contributed by atoms with Gasteiger partial charge in [0, 0.05) is 19.5 Å². The maximum Gasteiger partial charge on any atom is 0.326 e. The van der Waals surface area contributed by atoms with Crippen LogP contribution < -0.4 is 60.2 Å². The maximum absolute atomic E-state index is 13.9. The van der Waals surface area contributed by atoms with Crippen LogP contribution in [0.2, 0.25) is 0 Å². The summed E-state index contributed by atoms with van der Waals surface area (Å²) in [5, 5.41) is 54.5. The molecule has 0 saturated carbocycles. The largest absolute Gasteiger partial charge is 0.480 e. The second-order valence-electron chi connectivity index (χ2n) is 16.0. The standard InChI is InChI=1S/C39H71N13O12S/c1-21(2)18-26(38(63)64)49-35(60)27(19-53)50-32(57)23(8-4-5-14-40)46-33(58)24(13-17-65-3)47-34(59)28(20-54)51-36(61)29-10-7-16-52(29)37(62)25(9-6-15-45-39(43)44)48-31(56)22(41)11-12-30(42)55/h21-29,53-54H,4-20,40-41H2,1-3H3,(H2,42,55)(H,46,58)(H,47,59)(H,48,56)(H,49,60)(H,50,57)(H,51,61)(H,63,64)(H4,43,44,45)/t22-,23-,24-,25-,26-,27-,28-,29-/m0/s1. The minimum absolute atomic E-state index is 0.0245. The quantitative estimate of drug-likeness (QED) is 0.0170. The van der Waals surface area contributed by atoms with E-state index in [1.807, 2.05) is 0 Å². The topological polar surface area (TPSA) is 430 Å². The van der Waals surface area contributed by atoms with Crippen molar-refractivity contribution in [3.05, 3.63) is 0 Å². The maximum atomic E-state index is 13.9. The summed E-state index contributed by atoms with van der Waals surface area (Å²) in [7, 11) is 0. The van der Waals surface area contributed by atoms with E-state index in [4.69, 9.17) is 28.3 Å². The van der Waals surface area contributed by atoms with E-state index in [2.05, 4.69) is 37.2 Å². The summed E-state index contributed by atoms with van der Waals surface area (Å²) >= 11 is 1.34. The Morgan fingerprint density at radius 1 is 0.723 bits per heavy atom. The molecule has 0 bridgehead atoms. The van der Waals surface area contributed by atoms with E-state index in [1.165, 1.54) is 16.7 Å². The number of guanidine groups is 1. The normalized spacial score (nSPS) is 16.7. The van der Waals surface area contributed by atoms with Crippen molar-refractivity contribution >= 4 is 70.9 Å². The molecule has 26 heteroatoms. The number of nitrogens with one attached hydrogen (secondary N) is 8. The van der Waals surface area contributed by atoms with Crippen LogP contribution in [0.1, 0.15) is 84.5 Å². The number of thioether (sulfide) groups is 1. The van der Waals surface area contributed by atoms with Gasteiger partial charge in [-0.2, -0.15) is 11.8 Å². The number of unbranched alkanes of at least 4 members (excludes halogenated alkanes) is 1. The Labute approximate surface area is 382 Å².